The molecule has 0 amide bonds. The lowest BCUT2D eigenvalue weighted by molar-refractivity contribution is 0.105. The Morgan fingerprint density at radius 3 is 2.54 bits per heavy atom. The van der Waals surface area contributed by atoms with E-state index in [1.807, 2.05) is 0 Å². The summed E-state index contributed by atoms with van der Waals surface area (Å²) >= 11 is 0. The third-order valence-corrected chi connectivity index (χ3v) is 8.22. The van der Waals surface area contributed by atoms with Crippen LogP contribution in [0.3, 0.4) is 0 Å². The van der Waals surface area contributed by atoms with E-state index in [2.05, 4.69) is 69.1 Å². The van der Waals surface area contributed by atoms with Gasteiger partial charge in [0.05, 0.1) is 17.6 Å². The number of fused-ring (bicyclic) bond motifs is 1. The summed E-state index contributed by atoms with van der Waals surface area (Å²) in [6, 6.07) is 7.39. The minimum atomic E-state index is 0.0228. The molecule has 1 aromatic carbocycles. The molecule has 2 aromatic heterocycles. The molecule has 2 aliphatic rings. The molecule has 2 saturated carbocycles. The number of nitrogens with zero attached hydrogens (tertiary/aromatic N) is 5. The van der Waals surface area contributed by atoms with Gasteiger partial charge in [0.25, 0.3) is 5.56 Å². The molecule has 35 heavy (non-hydrogen) atoms. The predicted octanol–water partition coefficient (Wildman–Crippen LogP) is 5.92. The molecule has 2 aliphatic carbocycles. The number of benzene rings is 1. The molecule has 1 N–H and O–H groups in total. The van der Waals surface area contributed by atoms with Crippen LogP contribution in [0.4, 0.5) is 0 Å². The summed E-state index contributed by atoms with van der Waals surface area (Å²) < 4.78 is 2.14. The second-order valence-corrected chi connectivity index (χ2v) is 10.9. The average Bonchev–Trinajstić information content (AvgIpc) is 3.55. The van der Waals surface area contributed by atoms with E-state index in [4.69, 9.17) is 0 Å². The van der Waals surface area contributed by atoms with E-state index in [0.717, 1.165) is 53.5 Å². The lowest BCUT2D eigenvalue weighted by Crippen LogP contribution is -2.39. The molecule has 0 saturated heterocycles. The molecule has 0 unspecified atom stereocenters. The Morgan fingerprint density at radius 2 is 1.80 bits per heavy atom. The predicted molar refractivity (Wildman–Crippen MR) is 139 cm³/mol. The van der Waals surface area contributed by atoms with Gasteiger partial charge in [-0.05, 0) is 79.5 Å². The van der Waals surface area contributed by atoms with Crippen molar-refractivity contribution in [1.82, 2.24) is 30.1 Å². The fraction of sp³-hybridized carbons (Fsp3) is 0.643. The summed E-state index contributed by atoms with van der Waals surface area (Å²) in [5.74, 6) is 0.995. The van der Waals surface area contributed by atoms with Crippen LogP contribution in [0.25, 0.3) is 10.9 Å². The van der Waals surface area contributed by atoms with Crippen LogP contribution < -0.4 is 5.56 Å². The number of aryl methyl sites for hydroxylation is 2. The largest absolute Gasteiger partial charge is 0.321 e. The molecule has 0 aliphatic heterocycles. The van der Waals surface area contributed by atoms with Gasteiger partial charge in [0.1, 0.15) is 0 Å². The summed E-state index contributed by atoms with van der Waals surface area (Å²) in [6.07, 6.45) is 13.0. The number of nitrogens with one attached hydrogen (secondary N) is 1. The lowest BCUT2D eigenvalue weighted by atomic mass is 9.95. The molecule has 188 valence electrons. The average molecular weight is 477 g/mol. The molecule has 0 spiro atoms. The van der Waals surface area contributed by atoms with Crippen molar-refractivity contribution >= 4 is 10.9 Å². The summed E-state index contributed by atoms with van der Waals surface area (Å²) in [5, 5.41) is 14.4. The molecular formula is C28H40N6O. The number of hydrogen-bond donors (Lipinski definition) is 1. The van der Waals surface area contributed by atoms with Crippen molar-refractivity contribution in [1.29, 1.82) is 0 Å². The number of hydrogen-bond acceptors (Lipinski definition) is 5. The van der Waals surface area contributed by atoms with Gasteiger partial charge in [0.2, 0.25) is 0 Å². The van der Waals surface area contributed by atoms with E-state index >= 15 is 0 Å². The zero-order valence-electron chi connectivity index (χ0n) is 21.6. The van der Waals surface area contributed by atoms with Gasteiger partial charge in [-0.1, -0.05) is 57.1 Å². The highest BCUT2D eigenvalue weighted by Crippen LogP contribution is 2.37. The summed E-state index contributed by atoms with van der Waals surface area (Å²) in [7, 11) is 0. The minimum Gasteiger partial charge on any atom is -0.321 e. The van der Waals surface area contributed by atoms with Crippen LogP contribution in [0, 0.1) is 13.8 Å². The third kappa shape index (κ3) is 5.06. The van der Waals surface area contributed by atoms with Crippen LogP contribution in [-0.4, -0.2) is 36.1 Å². The van der Waals surface area contributed by atoms with Crippen molar-refractivity contribution < 1.29 is 0 Å². The SMILES string of the molecule is CCC[C@@H](c1nnnn1C1CCCCC1)N(Cc1cc2cc(C)cc(C)c2[nH]c1=O)C1CCCC1. The molecule has 7 nitrogen and oxygen atoms in total. The number of H-pyrrole nitrogens is 1. The first-order valence-corrected chi connectivity index (χ1v) is 13.7. The van der Waals surface area contributed by atoms with Crippen molar-refractivity contribution in [2.45, 2.75) is 116 Å². The Labute approximate surface area is 208 Å². The van der Waals surface area contributed by atoms with Crippen molar-refractivity contribution in [3.63, 3.8) is 0 Å². The van der Waals surface area contributed by atoms with Crippen LogP contribution in [0.2, 0.25) is 0 Å². The topological polar surface area (TPSA) is 79.7 Å². The number of aromatic nitrogens is 5. The van der Waals surface area contributed by atoms with Crippen LogP contribution in [-0.2, 0) is 6.54 Å². The standard InChI is InChI=1S/C28H40N6O/c1-4-10-25(27-30-31-32-34(27)24-13-6-5-7-14-24)33(23-11-8-9-12-23)18-22-17-21-16-19(2)15-20(3)26(21)29-28(22)35/h15-17,23-25H,4-14,18H2,1-3H3,(H,29,35)/t25-/m0/s1. The van der Waals surface area contributed by atoms with E-state index in [1.165, 1.54) is 50.5 Å². The molecule has 0 bridgehead atoms. The van der Waals surface area contributed by atoms with Gasteiger partial charge in [0, 0.05) is 18.2 Å². The molecule has 0 radical (unpaired) electrons. The van der Waals surface area contributed by atoms with Crippen molar-refractivity contribution in [3.8, 4) is 0 Å². The Balaban J connectivity index is 1.53. The highest BCUT2D eigenvalue weighted by molar-refractivity contribution is 5.82. The molecule has 2 fully saturated rings. The summed E-state index contributed by atoms with van der Waals surface area (Å²) in [5.41, 5.74) is 4.15. The van der Waals surface area contributed by atoms with E-state index in [0.29, 0.717) is 18.6 Å². The molecule has 1 atom stereocenters. The highest BCUT2D eigenvalue weighted by Gasteiger charge is 2.34. The number of tetrazole rings is 1. The first-order valence-electron chi connectivity index (χ1n) is 13.7. The van der Waals surface area contributed by atoms with Crippen LogP contribution in [0.1, 0.15) is 112 Å². The maximum absolute atomic E-state index is 13.3. The second-order valence-electron chi connectivity index (χ2n) is 10.9. The minimum absolute atomic E-state index is 0.0228. The fourth-order valence-electron chi connectivity index (χ4n) is 6.50. The van der Waals surface area contributed by atoms with Crippen LogP contribution in [0.5, 0.6) is 0 Å². The first kappa shape index (κ1) is 24.2. The van der Waals surface area contributed by atoms with E-state index < -0.39 is 0 Å². The fourth-order valence-corrected chi connectivity index (χ4v) is 6.50. The monoisotopic (exact) mass is 476 g/mol. The smallest absolute Gasteiger partial charge is 0.252 e. The zero-order valence-corrected chi connectivity index (χ0v) is 21.6. The Kier molecular flexibility index (Phi) is 7.32. The van der Waals surface area contributed by atoms with Gasteiger partial charge in [-0.25, -0.2) is 4.68 Å². The number of rotatable bonds is 8. The van der Waals surface area contributed by atoms with Gasteiger partial charge in [-0.3, -0.25) is 9.69 Å². The van der Waals surface area contributed by atoms with E-state index in [-0.39, 0.29) is 11.6 Å². The summed E-state index contributed by atoms with van der Waals surface area (Å²) in [4.78, 5) is 19.0. The molecule has 7 heteroatoms. The highest BCUT2D eigenvalue weighted by atomic mass is 16.1. The van der Waals surface area contributed by atoms with Gasteiger partial charge in [0.15, 0.2) is 5.82 Å². The van der Waals surface area contributed by atoms with Crippen molar-refractivity contribution in [2.24, 2.45) is 0 Å². The maximum atomic E-state index is 13.3. The van der Waals surface area contributed by atoms with Crippen LogP contribution in [0.15, 0.2) is 23.0 Å². The van der Waals surface area contributed by atoms with Gasteiger partial charge >= 0.3 is 0 Å². The van der Waals surface area contributed by atoms with Crippen LogP contribution >= 0.6 is 0 Å². The molecule has 5 rings (SSSR count). The lowest BCUT2D eigenvalue weighted by Gasteiger charge is -2.36. The number of pyridine rings is 1. The van der Waals surface area contributed by atoms with E-state index in [1.54, 1.807) is 0 Å². The second kappa shape index (κ2) is 10.6. The molecule has 2 heterocycles. The number of aromatic amines is 1. The molecular weight excluding hydrogens is 436 g/mol. The van der Waals surface area contributed by atoms with Crippen molar-refractivity contribution in [2.75, 3.05) is 0 Å². The zero-order chi connectivity index (χ0) is 24.4. The van der Waals surface area contributed by atoms with E-state index in [9.17, 15) is 4.79 Å². The third-order valence-electron chi connectivity index (χ3n) is 8.22. The maximum Gasteiger partial charge on any atom is 0.252 e. The Morgan fingerprint density at radius 1 is 1.06 bits per heavy atom. The van der Waals surface area contributed by atoms with Gasteiger partial charge in [-0.15, -0.1) is 5.10 Å². The van der Waals surface area contributed by atoms with Gasteiger partial charge < -0.3 is 4.98 Å². The van der Waals surface area contributed by atoms with Crippen molar-refractivity contribution in [3.05, 3.63) is 51.1 Å². The van der Waals surface area contributed by atoms with Gasteiger partial charge in [-0.2, -0.15) is 0 Å². The normalized spacial score (nSPS) is 18.6. The summed E-state index contributed by atoms with van der Waals surface area (Å²) in [6.45, 7) is 7.05. The quantitative estimate of drug-likeness (QED) is 0.436. The Hall–Kier alpha value is -2.54. The molecule has 3 aromatic rings. The first-order chi connectivity index (χ1) is 17.0. The Bertz CT molecular complexity index is 1200.